The van der Waals surface area contributed by atoms with Crippen LogP contribution < -0.4 is 0 Å². The Morgan fingerprint density at radius 2 is 1.88 bits per heavy atom. The molecule has 2 aliphatic rings. The van der Waals surface area contributed by atoms with Crippen molar-refractivity contribution in [3.63, 3.8) is 0 Å². The third-order valence-corrected chi connectivity index (χ3v) is 4.90. The summed E-state index contributed by atoms with van der Waals surface area (Å²) in [5.41, 5.74) is -0.641. The summed E-state index contributed by atoms with van der Waals surface area (Å²) >= 11 is 0. The average Bonchev–Trinajstić information content (AvgIpc) is 2.29. The maximum Gasteiger partial charge on any atom is 0.310 e. The summed E-state index contributed by atoms with van der Waals surface area (Å²) in [6.07, 6.45) is 7.04. The molecule has 2 fully saturated rings. The molecule has 2 rings (SSSR count). The van der Waals surface area contributed by atoms with Gasteiger partial charge in [-0.15, -0.1) is 0 Å². The van der Waals surface area contributed by atoms with Gasteiger partial charge in [0.2, 0.25) is 0 Å². The van der Waals surface area contributed by atoms with E-state index in [1.54, 1.807) is 0 Å². The van der Waals surface area contributed by atoms with Gasteiger partial charge < -0.3 is 10.2 Å². The van der Waals surface area contributed by atoms with E-state index in [0.29, 0.717) is 5.92 Å². The van der Waals surface area contributed by atoms with E-state index in [1.807, 2.05) is 0 Å². The number of aliphatic hydroxyl groups excluding tert-OH is 1. The van der Waals surface area contributed by atoms with Crippen LogP contribution in [0.4, 0.5) is 0 Å². The largest absolute Gasteiger partial charge is 0.481 e. The molecule has 0 aromatic heterocycles. The Kier molecular flexibility index (Phi) is 3.76. The van der Waals surface area contributed by atoms with E-state index in [1.165, 1.54) is 0 Å². The summed E-state index contributed by atoms with van der Waals surface area (Å²) in [6.45, 7) is 2.14. The van der Waals surface area contributed by atoms with Gasteiger partial charge in [-0.25, -0.2) is 0 Å². The summed E-state index contributed by atoms with van der Waals surface area (Å²) in [4.78, 5) is 11.8. The van der Waals surface area contributed by atoms with E-state index in [2.05, 4.69) is 6.92 Å². The van der Waals surface area contributed by atoms with Crippen molar-refractivity contribution in [3.8, 4) is 0 Å². The van der Waals surface area contributed by atoms with Crippen LogP contribution in [-0.4, -0.2) is 22.3 Å². The smallest absolute Gasteiger partial charge is 0.310 e. The number of carboxylic acid groups (broad SMARTS) is 1. The van der Waals surface area contributed by atoms with Crippen LogP contribution in [0.25, 0.3) is 0 Å². The number of carboxylic acids is 1. The third kappa shape index (κ3) is 2.35. The lowest BCUT2D eigenvalue weighted by molar-refractivity contribution is -0.163. The lowest BCUT2D eigenvalue weighted by Crippen LogP contribution is -2.48. The molecule has 0 aromatic rings. The standard InChI is InChI=1S/C14H24O3/c1-10-5-4-8-14(9-10,13(16)17)11-6-2-3-7-12(11)15/h10-12,15H,2-9H2,1H3,(H,16,17). The molecule has 0 aromatic carbocycles. The SMILES string of the molecule is CC1CCCC(C(=O)O)(C2CCCCC2O)C1. The van der Waals surface area contributed by atoms with E-state index in [0.717, 1.165) is 51.4 Å². The van der Waals surface area contributed by atoms with Crippen molar-refractivity contribution in [3.05, 3.63) is 0 Å². The second kappa shape index (κ2) is 4.97. The van der Waals surface area contributed by atoms with E-state index in [9.17, 15) is 15.0 Å². The van der Waals surface area contributed by atoms with Crippen molar-refractivity contribution < 1.29 is 15.0 Å². The number of rotatable bonds is 2. The minimum absolute atomic E-state index is 0.0171. The normalized spacial score (nSPS) is 43.3. The van der Waals surface area contributed by atoms with Crippen LogP contribution in [0.5, 0.6) is 0 Å². The van der Waals surface area contributed by atoms with Gasteiger partial charge >= 0.3 is 5.97 Å². The maximum absolute atomic E-state index is 11.8. The van der Waals surface area contributed by atoms with Gasteiger partial charge in [-0.2, -0.15) is 0 Å². The van der Waals surface area contributed by atoms with Crippen molar-refractivity contribution >= 4 is 5.97 Å². The fourth-order valence-corrected chi connectivity index (χ4v) is 4.04. The number of aliphatic hydroxyl groups is 1. The summed E-state index contributed by atoms with van der Waals surface area (Å²) in [5, 5.41) is 19.8. The van der Waals surface area contributed by atoms with Crippen LogP contribution >= 0.6 is 0 Å². The highest BCUT2D eigenvalue weighted by atomic mass is 16.4. The molecule has 2 saturated carbocycles. The van der Waals surface area contributed by atoms with Crippen LogP contribution in [0.15, 0.2) is 0 Å². The van der Waals surface area contributed by atoms with Gasteiger partial charge in [0.1, 0.15) is 0 Å². The molecule has 0 radical (unpaired) electrons. The molecule has 0 saturated heterocycles. The van der Waals surface area contributed by atoms with Crippen molar-refractivity contribution in [1.82, 2.24) is 0 Å². The van der Waals surface area contributed by atoms with Gasteiger partial charge in [0, 0.05) is 5.92 Å². The summed E-state index contributed by atoms with van der Waals surface area (Å²) in [7, 11) is 0. The molecule has 3 nitrogen and oxygen atoms in total. The highest BCUT2D eigenvalue weighted by molar-refractivity contribution is 5.75. The van der Waals surface area contributed by atoms with Gasteiger partial charge in [0.25, 0.3) is 0 Å². The molecule has 0 amide bonds. The van der Waals surface area contributed by atoms with Crippen molar-refractivity contribution in [2.45, 2.75) is 64.4 Å². The van der Waals surface area contributed by atoms with Gasteiger partial charge in [-0.3, -0.25) is 4.79 Å². The molecule has 0 spiro atoms. The highest BCUT2D eigenvalue weighted by Gasteiger charge is 2.50. The minimum Gasteiger partial charge on any atom is -0.481 e. The molecule has 17 heavy (non-hydrogen) atoms. The number of hydrogen-bond donors (Lipinski definition) is 2. The lowest BCUT2D eigenvalue weighted by Gasteiger charge is -2.45. The monoisotopic (exact) mass is 240 g/mol. The van der Waals surface area contributed by atoms with Gasteiger partial charge in [0.05, 0.1) is 11.5 Å². The molecule has 4 unspecified atom stereocenters. The molecule has 0 aliphatic heterocycles. The van der Waals surface area contributed by atoms with Crippen LogP contribution in [-0.2, 0) is 4.79 Å². The second-order valence-electron chi connectivity index (χ2n) is 6.12. The number of aliphatic carboxylic acids is 1. The molecule has 2 aliphatic carbocycles. The predicted octanol–water partition coefficient (Wildman–Crippen LogP) is 2.82. The molecular weight excluding hydrogens is 216 g/mol. The molecular formula is C14H24O3. The first-order chi connectivity index (χ1) is 8.06. The topological polar surface area (TPSA) is 57.5 Å². The molecule has 4 atom stereocenters. The molecule has 0 bridgehead atoms. The van der Waals surface area contributed by atoms with Crippen molar-refractivity contribution in [2.75, 3.05) is 0 Å². The van der Waals surface area contributed by atoms with Crippen LogP contribution in [0.2, 0.25) is 0 Å². The first-order valence-electron chi connectivity index (χ1n) is 6.98. The zero-order chi connectivity index (χ0) is 12.5. The van der Waals surface area contributed by atoms with Gasteiger partial charge in [-0.05, 0) is 31.6 Å². The molecule has 3 heteroatoms. The van der Waals surface area contributed by atoms with E-state index in [-0.39, 0.29) is 5.92 Å². The predicted molar refractivity (Wildman–Crippen MR) is 65.7 cm³/mol. The Bertz CT molecular complexity index is 289. The average molecular weight is 240 g/mol. The van der Waals surface area contributed by atoms with Crippen LogP contribution in [0, 0.1) is 17.3 Å². The van der Waals surface area contributed by atoms with E-state index < -0.39 is 17.5 Å². The molecule has 2 N–H and O–H groups in total. The van der Waals surface area contributed by atoms with Crippen molar-refractivity contribution in [1.29, 1.82) is 0 Å². The first-order valence-corrected chi connectivity index (χ1v) is 6.98. The Morgan fingerprint density at radius 3 is 2.47 bits per heavy atom. The van der Waals surface area contributed by atoms with Gasteiger partial charge in [0.15, 0.2) is 0 Å². The van der Waals surface area contributed by atoms with Crippen LogP contribution in [0.1, 0.15) is 58.3 Å². The lowest BCUT2D eigenvalue weighted by atomic mass is 9.59. The molecule has 98 valence electrons. The Balaban J connectivity index is 2.23. The Hall–Kier alpha value is -0.570. The Morgan fingerprint density at radius 1 is 1.18 bits per heavy atom. The first kappa shape index (κ1) is 12.9. The third-order valence-electron chi connectivity index (χ3n) is 4.90. The summed E-state index contributed by atoms with van der Waals surface area (Å²) in [5.74, 6) is -0.208. The Labute approximate surface area is 103 Å². The summed E-state index contributed by atoms with van der Waals surface area (Å²) in [6, 6.07) is 0. The fraction of sp³-hybridized carbons (Fsp3) is 0.929. The maximum atomic E-state index is 11.8. The van der Waals surface area contributed by atoms with Crippen molar-refractivity contribution in [2.24, 2.45) is 17.3 Å². The van der Waals surface area contributed by atoms with E-state index >= 15 is 0 Å². The van der Waals surface area contributed by atoms with Crippen LogP contribution in [0.3, 0.4) is 0 Å². The quantitative estimate of drug-likeness (QED) is 0.780. The second-order valence-corrected chi connectivity index (χ2v) is 6.12. The minimum atomic E-state index is -0.671. The number of hydrogen-bond acceptors (Lipinski definition) is 2. The zero-order valence-electron chi connectivity index (χ0n) is 10.7. The van der Waals surface area contributed by atoms with E-state index in [4.69, 9.17) is 0 Å². The summed E-state index contributed by atoms with van der Waals surface area (Å²) < 4.78 is 0. The van der Waals surface area contributed by atoms with Gasteiger partial charge in [-0.1, -0.05) is 32.6 Å². The molecule has 0 heterocycles. The number of carbonyl (C=O) groups is 1. The zero-order valence-corrected chi connectivity index (χ0v) is 10.7. The fourth-order valence-electron chi connectivity index (χ4n) is 4.04. The highest BCUT2D eigenvalue weighted by Crippen LogP contribution is 2.50.